The number of hydrogen-bond donors (Lipinski definition) is 0. The summed E-state index contributed by atoms with van der Waals surface area (Å²) in [5.74, 6) is -0.978. The standard InChI is InChI=1S/C26H26O8/c1-17(27)31-15-13-25(21-5-9-23(10-6-21)33-19(3)29)26(14-16-32-18(2)28)22-7-11-24(12-8-22)34-20(4)30/h5-14H,15-16H2,1-4H3/b25-13+,26-14+. The van der Waals surface area contributed by atoms with Crippen LogP contribution in [0.15, 0.2) is 60.7 Å². The fraction of sp³-hybridized carbons (Fsp3) is 0.231. The van der Waals surface area contributed by atoms with Crippen LogP contribution in [-0.2, 0) is 28.7 Å². The molecule has 178 valence electrons. The van der Waals surface area contributed by atoms with Crippen LogP contribution in [0, 0.1) is 0 Å². The van der Waals surface area contributed by atoms with E-state index >= 15 is 0 Å². The molecule has 0 aromatic heterocycles. The van der Waals surface area contributed by atoms with Crippen LogP contribution in [0.5, 0.6) is 11.5 Å². The van der Waals surface area contributed by atoms with Crippen LogP contribution in [0.4, 0.5) is 0 Å². The van der Waals surface area contributed by atoms with Gasteiger partial charge < -0.3 is 18.9 Å². The number of hydrogen-bond acceptors (Lipinski definition) is 8. The van der Waals surface area contributed by atoms with Gasteiger partial charge in [0, 0.05) is 27.7 Å². The van der Waals surface area contributed by atoms with Gasteiger partial charge in [-0.05, 0) is 58.7 Å². The maximum Gasteiger partial charge on any atom is 0.308 e. The Kier molecular flexibility index (Phi) is 9.76. The summed E-state index contributed by atoms with van der Waals surface area (Å²) in [6.45, 7) is 5.26. The van der Waals surface area contributed by atoms with Crippen LogP contribution in [0.25, 0.3) is 11.1 Å². The van der Waals surface area contributed by atoms with Gasteiger partial charge in [0.25, 0.3) is 0 Å². The molecule has 0 atom stereocenters. The van der Waals surface area contributed by atoms with Gasteiger partial charge in [0.2, 0.25) is 0 Å². The van der Waals surface area contributed by atoms with Gasteiger partial charge in [0.05, 0.1) is 0 Å². The smallest absolute Gasteiger partial charge is 0.308 e. The normalized spacial score (nSPS) is 11.4. The summed E-state index contributed by atoms with van der Waals surface area (Å²) in [5, 5.41) is 0. The Morgan fingerprint density at radius 2 is 0.882 bits per heavy atom. The van der Waals surface area contributed by atoms with E-state index in [0.717, 1.165) is 11.1 Å². The highest BCUT2D eigenvalue weighted by Gasteiger charge is 2.13. The van der Waals surface area contributed by atoms with Gasteiger partial charge in [-0.25, -0.2) is 0 Å². The Morgan fingerprint density at radius 3 is 1.15 bits per heavy atom. The van der Waals surface area contributed by atoms with Crippen molar-refractivity contribution in [2.45, 2.75) is 27.7 Å². The Bertz CT molecular complexity index is 1000. The minimum atomic E-state index is -0.437. The van der Waals surface area contributed by atoms with E-state index in [1.54, 1.807) is 60.7 Å². The summed E-state index contributed by atoms with van der Waals surface area (Å²) in [4.78, 5) is 45.1. The minimum Gasteiger partial charge on any atom is -0.462 e. The van der Waals surface area contributed by atoms with Crippen LogP contribution in [0.3, 0.4) is 0 Å². The number of esters is 4. The highest BCUT2D eigenvalue weighted by molar-refractivity contribution is 6.05. The first kappa shape index (κ1) is 26.1. The van der Waals surface area contributed by atoms with E-state index in [-0.39, 0.29) is 13.2 Å². The van der Waals surface area contributed by atoms with E-state index in [1.807, 2.05) is 0 Å². The van der Waals surface area contributed by atoms with Crippen molar-refractivity contribution in [3.8, 4) is 11.5 Å². The molecule has 2 rings (SSSR count). The third-order valence-corrected chi connectivity index (χ3v) is 4.29. The molecule has 0 saturated carbocycles. The average molecular weight is 466 g/mol. The average Bonchev–Trinajstić information content (AvgIpc) is 2.75. The summed E-state index contributed by atoms with van der Waals surface area (Å²) >= 11 is 0. The van der Waals surface area contributed by atoms with E-state index < -0.39 is 23.9 Å². The quantitative estimate of drug-likeness (QED) is 0.309. The molecule has 0 aliphatic carbocycles. The van der Waals surface area contributed by atoms with Crippen molar-refractivity contribution in [3.05, 3.63) is 71.8 Å². The van der Waals surface area contributed by atoms with Crippen LogP contribution in [-0.4, -0.2) is 37.1 Å². The summed E-state index contributed by atoms with van der Waals surface area (Å²) < 4.78 is 20.4. The molecule has 0 fully saturated rings. The first-order chi connectivity index (χ1) is 16.2. The lowest BCUT2D eigenvalue weighted by atomic mass is 9.91. The number of ether oxygens (including phenoxy) is 4. The fourth-order valence-corrected chi connectivity index (χ4v) is 2.99. The predicted octanol–water partition coefficient (Wildman–Crippen LogP) is 4.13. The maximum atomic E-state index is 11.3. The molecule has 0 bridgehead atoms. The Labute approximate surface area is 197 Å². The van der Waals surface area contributed by atoms with Gasteiger partial charge >= 0.3 is 23.9 Å². The van der Waals surface area contributed by atoms with E-state index in [9.17, 15) is 19.2 Å². The number of carbonyl (C=O) groups is 4. The Balaban J connectivity index is 2.52. The third-order valence-electron chi connectivity index (χ3n) is 4.29. The minimum absolute atomic E-state index is 0.00675. The van der Waals surface area contributed by atoms with E-state index in [0.29, 0.717) is 22.6 Å². The van der Waals surface area contributed by atoms with E-state index in [2.05, 4.69) is 0 Å². The third kappa shape index (κ3) is 8.74. The van der Waals surface area contributed by atoms with E-state index in [1.165, 1.54) is 27.7 Å². The zero-order valence-corrected chi connectivity index (χ0v) is 19.5. The van der Waals surface area contributed by atoms with Crippen LogP contribution < -0.4 is 9.47 Å². The van der Waals surface area contributed by atoms with Crippen LogP contribution >= 0.6 is 0 Å². The van der Waals surface area contributed by atoms with Crippen molar-refractivity contribution in [2.75, 3.05) is 13.2 Å². The number of rotatable bonds is 9. The molecule has 0 amide bonds. The number of carbonyl (C=O) groups excluding carboxylic acids is 4. The highest BCUT2D eigenvalue weighted by Crippen LogP contribution is 2.33. The molecule has 8 nitrogen and oxygen atoms in total. The number of allylic oxidation sites excluding steroid dienone is 2. The molecule has 34 heavy (non-hydrogen) atoms. The lowest BCUT2D eigenvalue weighted by Crippen LogP contribution is -2.03. The van der Waals surface area contributed by atoms with Gasteiger partial charge in [0.15, 0.2) is 0 Å². The van der Waals surface area contributed by atoms with Crippen molar-refractivity contribution in [1.29, 1.82) is 0 Å². The molecular formula is C26H26O8. The SMILES string of the molecule is CC(=O)OC/C=C(/C(=C/COC(C)=O)c1ccc(OC(C)=O)cc1)c1ccc(OC(C)=O)cc1. The monoisotopic (exact) mass is 466 g/mol. The summed E-state index contributed by atoms with van der Waals surface area (Å²) in [6, 6.07) is 13.6. The second-order valence-corrected chi connectivity index (χ2v) is 7.08. The van der Waals surface area contributed by atoms with Crippen molar-refractivity contribution >= 4 is 35.0 Å². The van der Waals surface area contributed by atoms with Gasteiger partial charge in [-0.2, -0.15) is 0 Å². The van der Waals surface area contributed by atoms with Crippen molar-refractivity contribution in [3.63, 3.8) is 0 Å². The maximum absolute atomic E-state index is 11.3. The molecule has 2 aromatic carbocycles. The predicted molar refractivity (Wildman–Crippen MR) is 125 cm³/mol. The van der Waals surface area contributed by atoms with Gasteiger partial charge in [0.1, 0.15) is 24.7 Å². The highest BCUT2D eigenvalue weighted by atomic mass is 16.5. The van der Waals surface area contributed by atoms with Gasteiger partial charge in [-0.3, -0.25) is 19.2 Å². The van der Waals surface area contributed by atoms with Crippen LogP contribution in [0.2, 0.25) is 0 Å². The van der Waals surface area contributed by atoms with E-state index in [4.69, 9.17) is 18.9 Å². The van der Waals surface area contributed by atoms with Crippen molar-refractivity contribution in [1.82, 2.24) is 0 Å². The molecule has 0 radical (unpaired) electrons. The summed E-state index contributed by atoms with van der Waals surface area (Å²) in [5.41, 5.74) is 2.84. The molecule has 8 heteroatoms. The van der Waals surface area contributed by atoms with Gasteiger partial charge in [-0.15, -0.1) is 0 Å². The lowest BCUT2D eigenvalue weighted by molar-refractivity contribution is -0.140. The molecule has 0 spiro atoms. The summed E-state index contributed by atoms with van der Waals surface area (Å²) in [7, 11) is 0. The van der Waals surface area contributed by atoms with Crippen molar-refractivity contribution in [2.24, 2.45) is 0 Å². The zero-order valence-electron chi connectivity index (χ0n) is 19.5. The Morgan fingerprint density at radius 1 is 0.559 bits per heavy atom. The van der Waals surface area contributed by atoms with Crippen molar-refractivity contribution < 1.29 is 38.1 Å². The Hall–Kier alpha value is -4.20. The van der Waals surface area contributed by atoms with Crippen LogP contribution in [0.1, 0.15) is 38.8 Å². The molecule has 0 saturated heterocycles. The summed E-state index contributed by atoms with van der Waals surface area (Å²) in [6.07, 6.45) is 3.45. The topological polar surface area (TPSA) is 105 Å². The molecule has 0 aliphatic rings. The molecular weight excluding hydrogens is 440 g/mol. The molecule has 0 heterocycles. The molecule has 0 unspecified atom stereocenters. The molecule has 2 aromatic rings. The van der Waals surface area contributed by atoms with Gasteiger partial charge in [-0.1, -0.05) is 24.3 Å². The zero-order chi connectivity index (χ0) is 25.1. The second kappa shape index (κ2) is 12.7. The first-order valence-corrected chi connectivity index (χ1v) is 10.4. The second-order valence-electron chi connectivity index (χ2n) is 7.08. The largest absolute Gasteiger partial charge is 0.462 e. The lowest BCUT2D eigenvalue weighted by Gasteiger charge is -2.15. The molecule has 0 aliphatic heterocycles. The fourth-order valence-electron chi connectivity index (χ4n) is 2.99. The first-order valence-electron chi connectivity index (χ1n) is 10.4. The number of benzene rings is 2. The molecule has 0 N–H and O–H groups in total.